The van der Waals surface area contributed by atoms with Crippen LogP contribution in [0.4, 0.5) is 0 Å². The van der Waals surface area contributed by atoms with Crippen molar-refractivity contribution in [1.29, 1.82) is 0 Å². The second-order valence-electron chi connectivity index (χ2n) is 3.83. The van der Waals surface area contributed by atoms with Crippen LogP contribution in [0.3, 0.4) is 0 Å². The van der Waals surface area contributed by atoms with Crippen molar-refractivity contribution in [3.05, 3.63) is 0 Å². The van der Waals surface area contributed by atoms with Gasteiger partial charge in [0.1, 0.15) is 0 Å². The van der Waals surface area contributed by atoms with Crippen LogP contribution in [-0.4, -0.2) is 32.2 Å². The summed E-state index contributed by atoms with van der Waals surface area (Å²) in [5, 5.41) is 2.85. The average molecular weight is 202 g/mol. The van der Waals surface area contributed by atoms with Crippen LogP contribution < -0.4 is 11.1 Å². The maximum Gasteiger partial charge on any atom is 0.234 e. The van der Waals surface area contributed by atoms with E-state index < -0.39 is 0 Å². The number of rotatable bonds is 8. The summed E-state index contributed by atoms with van der Waals surface area (Å²) >= 11 is 0. The molecular formula is C10H22N2O2. The number of nitrogens with two attached hydrogens (primary N) is 1. The smallest absolute Gasteiger partial charge is 0.234 e. The van der Waals surface area contributed by atoms with Crippen LogP contribution in [0, 0.1) is 5.92 Å². The fourth-order valence-electron chi connectivity index (χ4n) is 1.05. The van der Waals surface area contributed by atoms with E-state index in [0.717, 1.165) is 13.0 Å². The third-order valence-corrected chi connectivity index (χ3v) is 2.08. The first-order chi connectivity index (χ1) is 6.57. The van der Waals surface area contributed by atoms with Crippen molar-refractivity contribution in [1.82, 2.24) is 5.32 Å². The van der Waals surface area contributed by atoms with Gasteiger partial charge in [0.15, 0.2) is 0 Å². The predicted molar refractivity (Wildman–Crippen MR) is 56.9 cm³/mol. The molecule has 0 aliphatic rings. The van der Waals surface area contributed by atoms with Crippen LogP contribution in [0.15, 0.2) is 0 Å². The zero-order valence-corrected chi connectivity index (χ0v) is 9.38. The van der Waals surface area contributed by atoms with Gasteiger partial charge in [-0.05, 0) is 25.8 Å². The van der Waals surface area contributed by atoms with Gasteiger partial charge < -0.3 is 15.8 Å². The van der Waals surface area contributed by atoms with Crippen molar-refractivity contribution in [3.63, 3.8) is 0 Å². The van der Waals surface area contributed by atoms with Gasteiger partial charge >= 0.3 is 0 Å². The molecule has 1 unspecified atom stereocenters. The normalized spacial score (nSPS) is 13.1. The second-order valence-corrected chi connectivity index (χ2v) is 3.83. The number of amides is 1. The lowest BCUT2D eigenvalue weighted by Gasteiger charge is -2.12. The maximum absolute atomic E-state index is 10.8. The van der Waals surface area contributed by atoms with Gasteiger partial charge in [0.25, 0.3) is 0 Å². The van der Waals surface area contributed by atoms with Crippen LogP contribution in [0.1, 0.15) is 26.7 Å². The van der Waals surface area contributed by atoms with E-state index in [1.807, 2.05) is 0 Å². The third-order valence-electron chi connectivity index (χ3n) is 2.08. The Morgan fingerprint density at radius 2 is 1.93 bits per heavy atom. The fraction of sp³-hybridized carbons (Fsp3) is 0.900. The van der Waals surface area contributed by atoms with E-state index in [1.54, 1.807) is 7.05 Å². The number of primary amides is 1. The third kappa shape index (κ3) is 6.86. The number of carbonyl (C=O) groups is 1. The Kier molecular flexibility index (Phi) is 7.42. The molecule has 4 heteroatoms. The largest absolute Gasteiger partial charge is 0.381 e. The lowest BCUT2D eigenvalue weighted by Crippen LogP contribution is -2.39. The molecule has 1 amide bonds. The standard InChI is InChI=1S/C10H22N2O2/c1-8(2)4-6-14-7-5-9(12-3)10(11)13/h8-9,12H,4-7H2,1-3H3,(H2,11,13). The molecule has 0 aromatic heterocycles. The van der Waals surface area contributed by atoms with Gasteiger partial charge in [-0.3, -0.25) is 4.79 Å². The minimum absolute atomic E-state index is 0.269. The highest BCUT2D eigenvalue weighted by Crippen LogP contribution is 1.99. The topological polar surface area (TPSA) is 64.3 Å². The Labute approximate surface area is 86.2 Å². The molecule has 14 heavy (non-hydrogen) atoms. The minimum Gasteiger partial charge on any atom is -0.381 e. The van der Waals surface area contributed by atoms with Crippen molar-refractivity contribution < 1.29 is 9.53 Å². The van der Waals surface area contributed by atoms with E-state index in [0.29, 0.717) is 18.9 Å². The Morgan fingerprint density at radius 1 is 1.36 bits per heavy atom. The van der Waals surface area contributed by atoms with E-state index in [2.05, 4.69) is 19.2 Å². The van der Waals surface area contributed by atoms with E-state index in [1.165, 1.54) is 0 Å². The molecule has 3 N–H and O–H groups in total. The summed E-state index contributed by atoms with van der Waals surface area (Å²) in [4.78, 5) is 10.8. The molecule has 84 valence electrons. The maximum atomic E-state index is 10.8. The number of ether oxygens (including phenoxy) is 1. The molecule has 0 saturated carbocycles. The van der Waals surface area contributed by atoms with E-state index in [-0.39, 0.29) is 11.9 Å². The molecule has 0 aliphatic heterocycles. The molecule has 0 aromatic carbocycles. The summed E-state index contributed by atoms with van der Waals surface area (Å²) in [5.74, 6) is 0.339. The Bertz CT molecular complexity index is 160. The molecule has 0 spiro atoms. The SMILES string of the molecule is CNC(CCOCCC(C)C)C(N)=O. The summed E-state index contributed by atoms with van der Waals surface area (Å²) in [5.41, 5.74) is 5.15. The van der Waals surface area contributed by atoms with Crippen LogP contribution in [0.5, 0.6) is 0 Å². The molecule has 0 saturated heterocycles. The van der Waals surface area contributed by atoms with Gasteiger partial charge in [0.05, 0.1) is 6.04 Å². The van der Waals surface area contributed by atoms with E-state index in [9.17, 15) is 4.79 Å². The highest BCUT2D eigenvalue weighted by Gasteiger charge is 2.11. The van der Waals surface area contributed by atoms with Crippen LogP contribution in [0.2, 0.25) is 0 Å². The van der Waals surface area contributed by atoms with Crippen molar-refractivity contribution >= 4 is 5.91 Å². The summed E-state index contributed by atoms with van der Waals surface area (Å²) in [6.45, 7) is 5.65. The number of hydrogen-bond donors (Lipinski definition) is 2. The van der Waals surface area contributed by atoms with Gasteiger partial charge in [0.2, 0.25) is 5.91 Å². The summed E-state index contributed by atoms with van der Waals surface area (Å²) in [6, 6.07) is -0.269. The van der Waals surface area contributed by atoms with E-state index in [4.69, 9.17) is 10.5 Å². The van der Waals surface area contributed by atoms with Gasteiger partial charge in [-0.15, -0.1) is 0 Å². The lowest BCUT2D eigenvalue weighted by molar-refractivity contribution is -0.120. The number of carbonyl (C=O) groups excluding carboxylic acids is 1. The van der Waals surface area contributed by atoms with Gasteiger partial charge in [0, 0.05) is 13.2 Å². The Hall–Kier alpha value is -0.610. The molecule has 4 nitrogen and oxygen atoms in total. The molecule has 0 rings (SSSR count). The van der Waals surface area contributed by atoms with Gasteiger partial charge in [-0.1, -0.05) is 13.8 Å². The predicted octanol–water partition coefficient (Wildman–Crippen LogP) is 0.513. The highest BCUT2D eigenvalue weighted by molar-refractivity contribution is 5.79. The molecule has 0 aliphatic carbocycles. The van der Waals surface area contributed by atoms with Gasteiger partial charge in [-0.25, -0.2) is 0 Å². The van der Waals surface area contributed by atoms with Crippen molar-refractivity contribution in [3.8, 4) is 0 Å². The summed E-state index contributed by atoms with van der Waals surface area (Å²) < 4.78 is 5.38. The zero-order valence-electron chi connectivity index (χ0n) is 9.38. The summed E-state index contributed by atoms with van der Waals surface area (Å²) in [6.07, 6.45) is 1.70. The molecule has 1 atom stereocenters. The highest BCUT2D eigenvalue weighted by atomic mass is 16.5. The minimum atomic E-state index is -0.319. The van der Waals surface area contributed by atoms with Crippen LogP contribution >= 0.6 is 0 Å². The number of nitrogens with one attached hydrogen (secondary N) is 1. The monoisotopic (exact) mass is 202 g/mol. The number of likely N-dealkylation sites (N-methyl/N-ethyl adjacent to an activating group) is 1. The lowest BCUT2D eigenvalue weighted by atomic mass is 10.1. The van der Waals surface area contributed by atoms with Crippen molar-refractivity contribution in [2.75, 3.05) is 20.3 Å². The molecule has 0 heterocycles. The fourth-order valence-corrected chi connectivity index (χ4v) is 1.05. The Balaban J connectivity index is 3.38. The molecular weight excluding hydrogens is 180 g/mol. The Morgan fingerprint density at radius 3 is 2.36 bits per heavy atom. The molecule has 0 fully saturated rings. The second kappa shape index (κ2) is 7.76. The molecule has 0 bridgehead atoms. The summed E-state index contributed by atoms with van der Waals surface area (Å²) in [7, 11) is 1.73. The molecule has 0 radical (unpaired) electrons. The van der Waals surface area contributed by atoms with E-state index >= 15 is 0 Å². The first-order valence-corrected chi connectivity index (χ1v) is 5.12. The van der Waals surface area contributed by atoms with Crippen LogP contribution in [-0.2, 0) is 9.53 Å². The quantitative estimate of drug-likeness (QED) is 0.564. The molecule has 0 aromatic rings. The van der Waals surface area contributed by atoms with Crippen molar-refractivity contribution in [2.45, 2.75) is 32.7 Å². The first kappa shape index (κ1) is 13.4. The van der Waals surface area contributed by atoms with Gasteiger partial charge in [-0.2, -0.15) is 0 Å². The first-order valence-electron chi connectivity index (χ1n) is 5.12. The zero-order chi connectivity index (χ0) is 11.0. The van der Waals surface area contributed by atoms with Crippen molar-refractivity contribution in [2.24, 2.45) is 11.7 Å². The average Bonchev–Trinajstić information content (AvgIpc) is 2.10. The number of hydrogen-bond acceptors (Lipinski definition) is 3. The van der Waals surface area contributed by atoms with Crippen LogP contribution in [0.25, 0.3) is 0 Å².